The van der Waals surface area contributed by atoms with E-state index in [1.54, 1.807) is 42.7 Å². The molecule has 96 valence electrons. The van der Waals surface area contributed by atoms with Gasteiger partial charge >= 0.3 is 0 Å². The van der Waals surface area contributed by atoms with E-state index in [9.17, 15) is 8.42 Å². The molecule has 0 fully saturated rings. The third-order valence-corrected chi connectivity index (χ3v) is 4.10. The van der Waals surface area contributed by atoms with Crippen molar-refractivity contribution in [2.24, 2.45) is 0 Å². The molecule has 0 bridgehead atoms. The lowest BCUT2D eigenvalue weighted by atomic mass is 10.2. The molecule has 4 nitrogen and oxygen atoms in total. The second-order valence-electron chi connectivity index (χ2n) is 4.12. The first-order valence-electron chi connectivity index (χ1n) is 5.68. The zero-order valence-corrected chi connectivity index (χ0v) is 10.9. The summed E-state index contributed by atoms with van der Waals surface area (Å²) in [5, 5.41) is 0. The number of rotatable bonds is 5. The van der Waals surface area contributed by atoms with Crippen LogP contribution in [0.2, 0.25) is 0 Å². The average Bonchev–Trinajstić information content (AvgIpc) is 2.82. The molecule has 0 aliphatic carbocycles. The first-order chi connectivity index (χ1) is 8.58. The monoisotopic (exact) mass is 265 g/mol. The number of hydrogen-bond acceptors (Lipinski definition) is 3. The third-order valence-electron chi connectivity index (χ3n) is 2.50. The number of sulfonamides is 1. The van der Waals surface area contributed by atoms with Gasteiger partial charge in [-0.05, 0) is 31.2 Å². The van der Waals surface area contributed by atoms with Gasteiger partial charge in [-0.3, -0.25) is 0 Å². The van der Waals surface area contributed by atoms with Crippen molar-refractivity contribution < 1.29 is 12.8 Å². The summed E-state index contributed by atoms with van der Waals surface area (Å²) in [6, 6.07) is 11.7. The molecule has 1 aromatic heterocycles. The van der Waals surface area contributed by atoms with Crippen molar-refractivity contribution >= 4 is 10.0 Å². The molecule has 0 aliphatic heterocycles. The smallest absolute Gasteiger partial charge is 0.240 e. The van der Waals surface area contributed by atoms with Gasteiger partial charge in [0.25, 0.3) is 0 Å². The van der Waals surface area contributed by atoms with Gasteiger partial charge < -0.3 is 4.42 Å². The van der Waals surface area contributed by atoms with Crippen LogP contribution in [0.15, 0.2) is 58.0 Å². The highest BCUT2D eigenvalue weighted by Gasteiger charge is 2.17. The molecule has 0 saturated carbocycles. The molecule has 0 unspecified atom stereocenters. The molecule has 1 heterocycles. The second kappa shape index (κ2) is 5.37. The van der Waals surface area contributed by atoms with Crippen molar-refractivity contribution in [2.75, 3.05) is 0 Å². The number of furan rings is 1. The van der Waals surface area contributed by atoms with Crippen LogP contribution in [0.3, 0.4) is 0 Å². The van der Waals surface area contributed by atoms with Gasteiger partial charge in [0.15, 0.2) is 0 Å². The van der Waals surface area contributed by atoms with Crippen LogP contribution >= 0.6 is 0 Å². The molecule has 0 spiro atoms. The minimum atomic E-state index is -3.45. The van der Waals surface area contributed by atoms with Crippen LogP contribution in [0.4, 0.5) is 0 Å². The largest absolute Gasteiger partial charge is 0.469 e. The lowest BCUT2D eigenvalue weighted by Crippen LogP contribution is -2.33. The summed E-state index contributed by atoms with van der Waals surface area (Å²) >= 11 is 0. The summed E-state index contributed by atoms with van der Waals surface area (Å²) in [4.78, 5) is 0.274. The Kier molecular flexibility index (Phi) is 3.84. The maximum Gasteiger partial charge on any atom is 0.240 e. The Morgan fingerprint density at radius 3 is 2.50 bits per heavy atom. The molecular formula is C13H15NO3S. The molecule has 0 radical (unpaired) electrons. The Morgan fingerprint density at radius 2 is 1.89 bits per heavy atom. The minimum Gasteiger partial charge on any atom is -0.469 e. The van der Waals surface area contributed by atoms with Crippen molar-refractivity contribution in [1.29, 1.82) is 0 Å². The van der Waals surface area contributed by atoms with Crippen molar-refractivity contribution in [2.45, 2.75) is 24.3 Å². The molecule has 5 heteroatoms. The highest BCUT2D eigenvalue weighted by atomic mass is 32.2. The summed E-state index contributed by atoms with van der Waals surface area (Å²) < 4.78 is 31.9. The van der Waals surface area contributed by atoms with E-state index >= 15 is 0 Å². The van der Waals surface area contributed by atoms with Crippen LogP contribution in [-0.2, 0) is 16.4 Å². The topological polar surface area (TPSA) is 59.3 Å². The summed E-state index contributed by atoms with van der Waals surface area (Å²) in [5.74, 6) is 0.762. The Hall–Kier alpha value is -1.59. The maximum atomic E-state index is 12.0. The third kappa shape index (κ3) is 3.21. The molecule has 1 aromatic carbocycles. The van der Waals surface area contributed by atoms with E-state index in [1.165, 1.54) is 0 Å². The van der Waals surface area contributed by atoms with Gasteiger partial charge in [0, 0.05) is 12.5 Å². The molecule has 18 heavy (non-hydrogen) atoms. The SMILES string of the molecule is C[C@H](Cc1ccco1)NS(=O)(=O)c1ccccc1. The predicted octanol–water partition coefficient (Wildman–Crippen LogP) is 2.19. The number of hydrogen-bond donors (Lipinski definition) is 1. The number of benzene rings is 1. The van der Waals surface area contributed by atoms with Crippen LogP contribution in [0.25, 0.3) is 0 Å². The molecule has 1 N–H and O–H groups in total. The van der Waals surface area contributed by atoms with Crippen LogP contribution in [0.5, 0.6) is 0 Å². The van der Waals surface area contributed by atoms with Crippen molar-refractivity contribution in [3.05, 3.63) is 54.5 Å². The van der Waals surface area contributed by atoms with E-state index in [1.807, 2.05) is 13.0 Å². The summed E-state index contributed by atoms with van der Waals surface area (Å²) in [7, 11) is -3.45. The van der Waals surface area contributed by atoms with Crippen molar-refractivity contribution in [1.82, 2.24) is 4.72 Å². The van der Waals surface area contributed by atoms with Gasteiger partial charge in [0.1, 0.15) is 5.76 Å². The van der Waals surface area contributed by atoms with E-state index in [-0.39, 0.29) is 10.9 Å². The summed E-state index contributed by atoms with van der Waals surface area (Å²) in [6.45, 7) is 1.81. The first-order valence-corrected chi connectivity index (χ1v) is 7.16. The zero-order chi connectivity index (χ0) is 13.0. The van der Waals surface area contributed by atoms with E-state index in [0.29, 0.717) is 6.42 Å². The van der Waals surface area contributed by atoms with Gasteiger partial charge in [-0.1, -0.05) is 18.2 Å². The van der Waals surface area contributed by atoms with Gasteiger partial charge in [-0.15, -0.1) is 0 Å². The maximum absolute atomic E-state index is 12.0. The molecule has 0 aliphatic rings. The molecular weight excluding hydrogens is 250 g/mol. The molecule has 2 aromatic rings. The Balaban J connectivity index is 2.05. The minimum absolute atomic E-state index is 0.221. The summed E-state index contributed by atoms with van der Waals surface area (Å²) in [5.41, 5.74) is 0. The Bertz CT molecular complexity index is 576. The fourth-order valence-corrected chi connectivity index (χ4v) is 2.97. The van der Waals surface area contributed by atoms with E-state index in [4.69, 9.17) is 4.42 Å². The zero-order valence-electron chi connectivity index (χ0n) is 10.0. The molecule has 1 atom stereocenters. The molecule has 2 rings (SSSR count). The quantitative estimate of drug-likeness (QED) is 0.901. The summed E-state index contributed by atoms with van der Waals surface area (Å²) in [6.07, 6.45) is 2.10. The van der Waals surface area contributed by atoms with Gasteiger partial charge in [-0.2, -0.15) is 0 Å². The molecule has 0 saturated heterocycles. The van der Waals surface area contributed by atoms with Crippen molar-refractivity contribution in [3.8, 4) is 0 Å². The van der Waals surface area contributed by atoms with Crippen molar-refractivity contribution in [3.63, 3.8) is 0 Å². The Labute approximate surface area is 107 Å². The first kappa shape index (κ1) is 12.9. The van der Waals surface area contributed by atoms with Gasteiger partial charge in [0.2, 0.25) is 10.0 Å². The highest BCUT2D eigenvalue weighted by Crippen LogP contribution is 2.10. The van der Waals surface area contributed by atoms with E-state index in [2.05, 4.69) is 4.72 Å². The standard InChI is InChI=1S/C13H15NO3S/c1-11(10-12-6-5-9-17-12)14-18(15,16)13-7-3-2-4-8-13/h2-9,11,14H,10H2,1H3/t11-/m1/s1. The van der Waals surface area contributed by atoms with Crippen LogP contribution in [-0.4, -0.2) is 14.5 Å². The lowest BCUT2D eigenvalue weighted by molar-refractivity contribution is 0.479. The average molecular weight is 265 g/mol. The number of nitrogens with one attached hydrogen (secondary N) is 1. The lowest BCUT2D eigenvalue weighted by Gasteiger charge is -2.12. The predicted molar refractivity (Wildman–Crippen MR) is 68.6 cm³/mol. The van der Waals surface area contributed by atoms with E-state index in [0.717, 1.165) is 5.76 Å². The van der Waals surface area contributed by atoms with Crippen LogP contribution in [0.1, 0.15) is 12.7 Å². The van der Waals surface area contributed by atoms with Gasteiger partial charge in [-0.25, -0.2) is 13.1 Å². The normalized spacial score (nSPS) is 13.4. The Morgan fingerprint density at radius 1 is 1.17 bits per heavy atom. The van der Waals surface area contributed by atoms with Crippen LogP contribution < -0.4 is 4.72 Å². The second-order valence-corrected chi connectivity index (χ2v) is 5.83. The fourth-order valence-electron chi connectivity index (χ4n) is 1.70. The van der Waals surface area contributed by atoms with Crippen LogP contribution in [0, 0.1) is 0 Å². The van der Waals surface area contributed by atoms with E-state index < -0.39 is 10.0 Å². The molecule has 0 amide bonds. The highest BCUT2D eigenvalue weighted by molar-refractivity contribution is 7.89. The van der Waals surface area contributed by atoms with Gasteiger partial charge in [0.05, 0.1) is 11.2 Å². The fraction of sp³-hybridized carbons (Fsp3) is 0.231.